The highest BCUT2D eigenvalue weighted by Gasteiger charge is 2.01. The Balaban J connectivity index is 2.84. The fourth-order valence-corrected chi connectivity index (χ4v) is 1.43. The van der Waals surface area contributed by atoms with E-state index in [1.807, 2.05) is 0 Å². The Hall–Kier alpha value is -1.31. The van der Waals surface area contributed by atoms with Crippen LogP contribution in [0.1, 0.15) is 15.2 Å². The first kappa shape index (κ1) is 8.78. The first-order valence-electron chi connectivity index (χ1n) is 3.31. The minimum Gasteiger partial charge on any atom is -0.366 e. The van der Waals surface area contributed by atoms with E-state index in [2.05, 4.69) is 11.8 Å². The summed E-state index contributed by atoms with van der Waals surface area (Å²) in [6.07, 6.45) is 0. The van der Waals surface area contributed by atoms with Crippen molar-refractivity contribution in [3.63, 3.8) is 0 Å². The highest BCUT2D eigenvalue weighted by Crippen LogP contribution is 2.12. The number of rotatable bonds is 1. The van der Waals surface area contributed by atoms with Crippen molar-refractivity contribution in [3.05, 3.63) is 21.9 Å². The van der Waals surface area contributed by atoms with Crippen LogP contribution in [0.5, 0.6) is 0 Å². The van der Waals surface area contributed by atoms with Gasteiger partial charge in [-0.1, -0.05) is 11.8 Å². The second kappa shape index (κ2) is 3.90. The average Bonchev–Trinajstić information content (AvgIpc) is 2.48. The molecule has 1 aromatic heterocycles. The molecule has 0 atom stereocenters. The molecular weight excluding hydrogens is 172 g/mol. The molecule has 0 saturated carbocycles. The van der Waals surface area contributed by atoms with Crippen LogP contribution in [0.4, 0.5) is 0 Å². The number of hydrogen-bond donors (Lipinski definition) is 2. The van der Waals surface area contributed by atoms with E-state index in [0.717, 1.165) is 4.88 Å². The van der Waals surface area contributed by atoms with Crippen LogP contribution in [-0.2, 0) is 0 Å². The molecule has 4 N–H and O–H groups in total. The van der Waals surface area contributed by atoms with Gasteiger partial charge in [-0.3, -0.25) is 4.79 Å². The zero-order chi connectivity index (χ0) is 8.97. The summed E-state index contributed by atoms with van der Waals surface area (Å²) in [5.41, 5.74) is 10.7. The van der Waals surface area contributed by atoms with Crippen molar-refractivity contribution < 1.29 is 4.79 Å². The molecule has 0 fully saturated rings. The number of thiophene rings is 1. The lowest BCUT2D eigenvalue weighted by Gasteiger charge is -1.81. The molecule has 62 valence electrons. The van der Waals surface area contributed by atoms with Crippen molar-refractivity contribution in [2.45, 2.75) is 0 Å². The highest BCUT2D eigenvalue weighted by atomic mass is 32.1. The van der Waals surface area contributed by atoms with Gasteiger partial charge in [-0.25, -0.2) is 0 Å². The van der Waals surface area contributed by atoms with Crippen LogP contribution >= 0.6 is 11.3 Å². The third kappa shape index (κ3) is 2.09. The van der Waals surface area contributed by atoms with E-state index in [-0.39, 0.29) is 0 Å². The molecule has 0 aliphatic carbocycles. The maximum atomic E-state index is 10.6. The summed E-state index contributed by atoms with van der Waals surface area (Å²) < 4.78 is 0. The number of carbonyl (C=O) groups is 1. The van der Waals surface area contributed by atoms with Crippen LogP contribution in [0.15, 0.2) is 11.4 Å². The van der Waals surface area contributed by atoms with Crippen molar-refractivity contribution in [2.24, 2.45) is 11.5 Å². The largest absolute Gasteiger partial charge is 0.366 e. The first-order chi connectivity index (χ1) is 5.74. The van der Waals surface area contributed by atoms with E-state index < -0.39 is 5.91 Å². The van der Waals surface area contributed by atoms with Crippen LogP contribution < -0.4 is 11.5 Å². The number of primary amides is 1. The van der Waals surface area contributed by atoms with Crippen molar-refractivity contribution in [1.29, 1.82) is 0 Å². The Kier molecular flexibility index (Phi) is 2.86. The van der Waals surface area contributed by atoms with Crippen LogP contribution in [0.3, 0.4) is 0 Å². The molecule has 1 amide bonds. The molecule has 4 heteroatoms. The monoisotopic (exact) mass is 180 g/mol. The third-order valence-electron chi connectivity index (χ3n) is 1.20. The van der Waals surface area contributed by atoms with E-state index in [1.54, 1.807) is 11.4 Å². The molecule has 0 aromatic carbocycles. The van der Waals surface area contributed by atoms with Gasteiger partial charge in [0.05, 0.1) is 17.0 Å². The van der Waals surface area contributed by atoms with Crippen LogP contribution in [0.25, 0.3) is 0 Å². The summed E-state index contributed by atoms with van der Waals surface area (Å²) in [6.45, 7) is 0.323. The normalized spacial score (nSPS) is 8.75. The second-order valence-electron chi connectivity index (χ2n) is 2.07. The summed E-state index contributed by atoms with van der Waals surface area (Å²) in [5, 5.41) is 1.68. The minimum atomic E-state index is -0.424. The molecule has 0 aliphatic rings. The van der Waals surface area contributed by atoms with E-state index in [1.165, 1.54) is 11.3 Å². The number of amides is 1. The zero-order valence-electron chi connectivity index (χ0n) is 6.33. The van der Waals surface area contributed by atoms with Crippen molar-refractivity contribution in [2.75, 3.05) is 6.54 Å². The predicted molar refractivity (Wildman–Crippen MR) is 48.8 cm³/mol. The molecule has 0 aliphatic heterocycles. The van der Waals surface area contributed by atoms with Crippen LogP contribution in [-0.4, -0.2) is 12.5 Å². The van der Waals surface area contributed by atoms with Gasteiger partial charge < -0.3 is 11.5 Å². The SMILES string of the molecule is NCC#Cc1cc(C(N)=O)cs1. The molecular formula is C8H8N2OS. The van der Waals surface area contributed by atoms with Gasteiger partial charge in [0, 0.05) is 5.38 Å². The minimum absolute atomic E-state index is 0.323. The molecule has 0 saturated heterocycles. The Morgan fingerprint density at radius 1 is 1.67 bits per heavy atom. The maximum absolute atomic E-state index is 10.6. The van der Waals surface area contributed by atoms with Gasteiger partial charge in [0.25, 0.3) is 0 Å². The lowest BCUT2D eigenvalue weighted by molar-refractivity contribution is 0.100. The van der Waals surface area contributed by atoms with E-state index in [4.69, 9.17) is 11.5 Å². The Bertz CT molecular complexity index is 345. The van der Waals surface area contributed by atoms with Gasteiger partial charge in [-0.2, -0.15) is 0 Å². The highest BCUT2D eigenvalue weighted by molar-refractivity contribution is 7.10. The van der Waals surface area contributed by atoms with E-state index in [9.17, 15) is 4.79 Å². The fourth-order valence-electron chi connectivity index (χ4n) is 0.669. The predicted octanol–water partition coefficient (Wildman–Crippen LogP) is 0.157. The van der Waals surface area contributed by atoms with Gasteiger partial charge in [0.15, 0.2) is 0 Å². The topological polar surface area (TPSA) is 69.1 Å². The van der Waals surface area contributed by atoms with Crippen molar-refractivity contribution in [1.82, 2.24) is 0 Å². The number of hydrogen-bond acceptors (Lipinski definition) is 3. The lowest BCUT2D eigenvalue weighted by Crippen LogP contribution is -2.09. The third-order valence-corrected chi connectivity index (χ3v) is 2.04. The Morgan fingerprint density at radius 3 is 2.92 bits per heavy atom. The van der Waals surface area contributed by atoms with Crippen molar-refractivity contribution >= 4 is 17.2 Å². The summed E-state index contributed by atoms with van der Waals surface area (Å²) in [7, 11) is 0. The number of nitrogens with two attached hydrogens (primary N) is 2. The molecule has 0 spiro atoms. The standard InChI is InChI=1S/C8H8N2OS/c9-3-1-2-7-4-6(5-12-7)8(10)11/h4-5H,3,9H2,(H2,10,11). The number of carbonyl (C=O) groups excluding carboxylic acids is 1. The van der Waals surface area contributed by atoms with Gasteiger partial charge in [0.2, 0.25) is 5.91 Å². The van der Waals surface area contributed by atoms with Crippen molar-refractivity contribution in [3.8, 4) is 11.8 Å². The molecule has 1 rings (SSSR count). The smallest absolute Gasteiger partial charge is 0.249 e. The zero-order valence-corrected chi connectivity index (χ0v) is 7.15. The Labute approximate surface area is 74.4 Å². The summed E-state index contributed by atoms with van der Waals surface area (Å²) in [5.74, 6) is 5.08. The first-order valence-corrected chi connectivity index (χ1v) is 4.19. The summed E-state index contributed by atoms with van der Waals surface area (Å²) in [6, 6.07) is 1.66. The van der Waals surface area contributed by atoms with Crippen LogP contribution in [0, 0.1) is 11.8 Å². The summed E-state index contributed by atoms with van der Waals surface area (Å²) in [4.78, 5) is 11.5. The Morgan fingerprint density at radius 2 is 2.42 bits per heavy atom. The molecule has 3 nitrogen and oxygen atoms in total. The lowest BCUT2D eigenvalue weighted by atomic mass is 10.3. The van der Waals surface area contributed by atoms with Gasteiger partial charge >= 0.3 is 0 Å². The van der Waals surface area contributed by atoms with E-state index in [0.29, 0.717) is 12.1 Å². The molecule has 12 heavy (non-hydrogen) atoms. The second-order valence-corrected chi connectivity index (χ2v) is 2.98. The molecule has 1 heterocycles. The van der Waals surface area contributed by atoms with Gasteiger partial charge in [-0.05, 0) is 6.07 Å². The molecule has 0 unspecified atom stereocenters. The molecule has 0 radical (unpaired) electrons. The molecule has 1 aromatic rings. The van der Waals surface area contributed by atoms with Gasteiger partial charge in [0.1, 0.15) is 0 Å². The quantitative estimate of drug-likeness (QED) is 0.604. The van der Waals surface area contributed by atoms with E-state index >= 15 is 0 Å². The fraction of sp³-hybridized carbons (Fsp3) is 0.125. The average molecular weight is 180 g/mol. The molecule has 0 bridgehead atoms. The maximum Gasteiger partial charge on any atom is 0.249 e. The van der Waals surface area contributed by atoms with Gasteiger partial charge in [-0.15, -0.1) is 11.3 Å². The summed E-state index contributed by atoms with van der Waals surface area (Å²) >= 11 is 1.39. The van der Waals surface area contributed by atoms with Crippen LogP contribution in [0.2, 0.25) is 0 Å².